The molecule has 0 radical (unpaired) electrons. The van der Waals surface area contributed by atoms with Gasteiger partial charge < -0.3 is 18.0 Å². The molecule has 1 rings (SSSR count). The summed E-state index contributed by atoms with van der Waals surface area (Å²) in [5, 5.41) is 0.886. The van der Waals surface area contributed by atoms with Crippen LogP contribution in [0.25, 0.3) is 0 Å². The summed E-state index contributed by atoms with van der Waals surface area (Å²) in [5.41, 5.74) is 0. The zero-order valence-corrected chi connectivity index (χ0v) is 10.7. The summed E-state index contributed by atoms with van der Waals surface area (Å²) in [6.45, 7) is 3.49. The minimum atomic E-state index is -2.72. The third-order valence-electron chi connectivity index (χ3n) is 2.23. The van der Waals surface area contributed by atoms with Crippen molar-refractivity contribution in [1.82, 2.24) is 0 Å². The van der Waals surface area contributed by atoms with Crippen molar-refractivity contribution >= 4 is 14.0 Å². The summed E-state index contributed by atoms with van der Waals surface area (Å²) in [6, 6.07) is 7.36. The summed E-state index contributed by atoms with van der Waals surface area (Å²) in [4.78, 5) is 0. The summed E-state index contributed by atoms with van der Waals surface area (Å²) < 4.78 is 21.2. The van der Waals surface area contributed by atoms with Crippen molar-refractivity contribution < 1.29 is 18.0 Å². The highest BCUT2D eigenvalue weighted by Gasteiger charge is 2.40. The van der Waals surface area contributed by atoms with Crippen LogP contribution in [0, 0.1) is 0 Å². The van der Waals surface area contributed by atoms with E-state index in [1.807, 2.05) is 24.3 Å². The molecule has 0 atom stereocenters. The first-order valence-electron chi connectivity index (χ1n) is 4.76. The fraction of sp³-hybridized carbons (Fsp3) is 0.273. The van der Waals surface area contributed by atoms with Gasteiger partial charge in [-0.1, -0.05) is 18.7 Å². The quantitative estimate of drug-likeness (QED) is 0.555. The van der Waals surface area contributed by atoms with Crippen molar-refractivity contribution in [3.8, 4) is 5.75 Å². The molecule has 88 valence electrons. The van der Waals surface area contributed by atoms with Crippen LogP contribution < -0.4 is 9.92 Å². The fourth-order valence-corrected chi connectivity index (χ4v) is 3.22. The van der Waals surface area contributed by atoms with Gasteiger partial charge >= 0.3 is 8.80 Å². The molecule has 0 aliphatic carbocycles. The van der Waals surface area contributed by atoms with Crippen LogP contribution in [0.3, 0.4) is 0 Å². The molecular weight excluding hydrogens is 224 g/mol. The third kappa shape index (κ3) is 2.51. The van der Waals surface area contributed by atoms with Crippen LogP contribution in [0.4, 0.5) is 0 Å². The Hall–Kier alpha value is -1.14. The summed E-state index contributed by atoms with van der Waals surface area (Å²) >= 11 is 0. The Morgan fingerprint density at radius 3 is 1.88 bits per heavy atom. The molecule has 0 aliphatic rings. The molecular formula is C11H16O4Si. The highest BCUT2D eigenvalue weighted by molar-refractivity contribution is 6.75. The minimum Gasteiger partial charge on any atom is -0.466 e. The average Bonchev–Trinajstić information content (AvgIpc) is 2.34. The van der Waals surface area contributed by atoms with Crippen LogP contribution in [0.15, 0.2) is 37.1 Å². The van der Waals surface area contributed by atoms with Gasteiger partial charge in [0.1, 0.15) is 5.75 Å². The number of ether oxygens (including phenoxy) is 1. The summed E-state index contributed by atoms with van der Waals surface area (Å²) in [5.74, 6) is 0.713. The average molecular weight is 240 g/mol. The van der Waals surface area contributed by atoms with Gasteiger partial charge in [0.2, 0.25) is 0 Å². The van der Waals surface area contributed by atoms with E-state index in [2.05, 4.69) is 6.58 Å². The molecule has 0 N–H and O–H groups in total. The molecule has 0 heterocycles. The monoisotopic (exact) mass is 240 g/mol. The predicted octanol–water partition coefficient (Wildman–Crippen LogP) is 1.29. The third-order valence-corrected chi connectivity index (χ3v) is 4.89. The first kappa shape index (κ1) is 12.9. The number of hydrogen-bond donors (Lipinski definition) is 0. The van der Waals surface area contributed by atoms with Gasteiger partial charge in [-0.3, -0.25) is 0 Å². The molecule has 0 saturated carbocycles. The van der Waals surface area contributed by atoms with Crippen molar-refractivity contribution in [3.05, 3.63) is 37.1 Å². The van der Waals surface area contributed by atoms with E-state index in [0.29, 0.717) is 5.75 Å². The van der Waals surface area contributed by atoms with Crippen molar-refractivity contribution in [2.75, 3.05) is 21.3 Å². The predicted molar refractivity (Wildman–Crippen MR) is 63.7 cm³/mol. The summed E-state index contributed by atoms with van der Waals surface area (Å²) in [6.07, 6.45) is 1.38. The highest BCUT2D eigenvalue weighted by atomic mass is 28.4. The minimum absolute atomic E-state index is 0.713. The highest BCUT2D eigenvalue weighted by Crippen LogP contribution is 2.12. The van der Waals surface area contributed by atoms with Crippen molar-refractivity contribution in [3.63, 3.8) is 0 Å². The van der Waals surface area contributed by atoms with E-state index >= 15 is 0 Å². The van der Waals surface area contributed by atoms with Gasteiger partial charge in [-0.05, 0) is 12.1 Å². The van der Waals surface area contributed by atoms with E-state index in [0.717, 1.165) is 5.19 Å². The van der Waals surface area contributed by atoms with Gasteiger partial charge in [-0.15, -0.1) is 0 Å². The van der Waals surface area contributed by atoms with E-state index in [4.69, 9.17) is 18.0 Å². The Kier molecular flexibility index (Phi) is 4.69. The lowest BCUT2D eigenvalue weighted by Gasteiger charge is -2.24. The van der Waals surface area contributed by atoms with Crippen LogP contribution in [0.1, 0.15) is 0 Å². The van der Waals surface area contributed by atoms with E-state index in [1.54, 1.807) is 21.3 Å². The maximum Gasteiger partial charge on any atom is 0.536 e. The Morgan fingerprint density at radius 1 is 1.00 bits per heavy atom. The Bertz CT molecular complexity index is 324. The van der Waals surface area contributed by atoms with Crippen molar-refractivity contribution in [2.45, 2.75) is 0 Å². The molecule has 0 spiro atoms. The molecule has 1 aromatic carbocycles. The molecule has 0 aromatic heterocycles. The second-order valence-corrected chi connectivity index (χ2v) is 5.89. The van der Waals surface area contributed by atoms with Gasteiger partial charge in [-0.2, -0.15) is 0 Å². The lowest BCUT2D eigenvalue weighted by molar-refractivity contribution is 0.140. The molecule has 5 heteroatoms. The van der Waals surface area contributed by atoms with E-state index in [1.165, 1.54) is 6.26 Å². The van der Waals surface area contributed by atoms with Crippen LogP contribution in [0.2, 0.25) is 0 Å². The molecule has 0 saturated heterocycles. The van der Waals surface area contributed by atoms with E-state index in [9.17, 15) is 0 Å². The molecule has 0 fully saturated rings. The molecule has 1 aromatic rings. The normalized spacial score (nSPS) is 11.2. The molecule has 4 nitrogen and oxygen atoms in total. The second kappa shape index (κ2) is 5.81. The van der Waals surface area contributed by atoms with Crippen LogP contribution >= 0.6 is 0 Å². The largest absolute Gasteiger partial charge is 0.536 e. The van der Waals surface area contributed by atoms with Crippen molar-refractivity contribution in [2.24, 2.45) is 0 Å². The first-order valence-corrected chi connectivity index (χ1v) is 6.48. The smallest absolute Gasteiger partial charge is 0.466 e. The lowest BCUT2D eigenvalue weighted by atomic mass is 10.3. The topological polar surface area (TPSA) is 36.9 Å². The standard InChI is InChI=1S/C11H16O4Si/c1-5-15-10-6-8-11(9-7-10)16(12-2,13-3)14-4/h5-9H,1H2,2-4H3. The molecule has 0 aliphatic heterocycles. The molecule has 0 unspecified atom stereocenters. The second-order valence-electron chi connectivity index (χ2n) is 2.98. The molecule has 16 heavy (non-hydrogen) atoms. The lowest BCUT2D eigenvalue weighted by Crippen LogP contribution is -2.54. The molecule has 0 amide bonds. The molecule has 0 bridgehead atoms. The van der Waals surface area contributed by atoms with Gasteiger partial charge in [-0.25, -0.2) is 0 Å². The zero-order chi connectivity index (χ0) is 12.0. The maximum absolute atomic E-state index is 5.36. The van der Waals surface area contributed by atoms with E-state index in [-0.39, 0.29) is 0 Å². The van der Waals surface area contributed by atoms with E-state index < -0.39 is 8.80 Å². The van der Waals surface area contributed by atoms with Gasteiger partial charge in [0.25, 0.3) is 0 Å². The zero-order valence-electron chi connectivity index (χ0n) is 9.73. The first-order chi connectivity index (χ1) is 7.72. The van der Waals surface area contributed by atoms with Gasteiger partial charge in [0.05, 0.1) is 6.26 Å². The number of benzene rings is 1. The Morgan fingerprint density at radius 2 is 1.50 bits per heavy atom. The number of rotatable bonds is 6. The number of hydrogen-bond acceptors (Lipinski definition) is 4. The Labute approximate surface area is 96.8 Å². The van der Waals surface area contributed by atoms with Crippen LogP contribution in [-0.2, 0) is 13.3 Å². The van der Waals surface area contributed by atoms with Gasteiger partial charge in [0.15, 0.2) is 0 Å². The summed E-state index contributed by atoms with van der Waals surface area (Å²) in [7, 11) is 2.01. The SMILES string of the molecule is C=COc1ccc([Si](OC)(OC)OC)cc1. The maximum atomic E-state index is 5.36. The fourth-order valence-electron chi connectivity index (χ4n) is 1.44. The van der Waals surface area contributed by atoms with Crippen LogP contribution in [-0.4, -0.2) is 30.1 Å². The van der Waals surface area contributed by atoms with Gasteiger partial charge in [0, 0.05) is 26.5 Å². The van der Waals surface area contributed by atoms with Crippen LogP contribution in [0.5, 0.6) is 5.75 Å². The Balaban J connectivity index is 2.98. The van der Waals surface area contributed by atoms with Crippen molar-refractivity contribution in [1.29, 1.82) is 0 Å².